The van der Waals surface area contributed by atoms with E-state index in [-0.39, 0.29) is 23.3 Å². The lowest BCUT2D eigenvalue weighted by Crippen LogP contribution is -2.48. The number of carbonyl (C=O) groups is 2. The van der Waals surface area contributed by atoms with Gasteiger partial charge < -0.3 is 14.6 Å². The Balaban J connectivity index is 1.83. The van der Waals surface area contributed by atoms with Crippen molar-refractivity contribution in [3.8, 4) is 0 Å². The molecule has 0 radical (unpaired) electrons. The molecule has 1 aromatic rings. The van der Waals surface area contributed by atoms with Gasteiger partial charge in [0.25, 0.3) is 5.56 Å². The third-order valence-corrected chi connectivity index (χ3v) is 4.16. The minimum absolute atomic E-state index is 0.00718. The molecule has 0 spiro atoms. The first kappa shape index (κ1) is 13.6. The molecule has 3 rings (SSSR count). The summed E-state index contributed by atoms with van der Waals surface area (Å²) in [7, 11) is 0. The first-order valence-electron chi connectivity index (χ1n) is 6.94. The third kappa shape index (κ3) is 2.61. The van der Waals surface area contributed by atoms with E-state index in [0.29, 0.717) is 19.6 Å². The molecule has 0 aliphatic carbocycles. The van der Waals surface area contributed by atoms with Gasteiger partial charge in [-0.1, -0.05) is 6.07 Å². The van der Waals surface area contributed by atoms with Crippen LogP contribution in [0.5, 0.6) is 0 Å². The number of aliphatic carboxylic acids is 1. The Labute approximate surface area is 121 Å². The van der Waals surface area contributed by atoms with Gasteiger partial charge in [-0.3, -0.25) is 9.59 Å². The fraction of sp³-hybridized carbons (Fsp3) is 0.400. The van der Waals surface area contributed by atoms with Crippen LogP contribution in [0.1, 0.15) is 18.0 Å². The molecule has 2 bridgehead atoms. The monoisotopic (exact) mass is 288 g/mol. The highest BCUT2D eigenvalue weighted by molar-refractivity contribution is 5.94. The van der Waals surface area contributed by atoms with Crippen molar-refractivity contribution in [3.05, 3.63) is 46.4 Å². The number of rotatable bonds is 2. The number of piperidine rings is 1. The first-order chi connectivity index (χ1) is 10.0. The Kier molecular flexibility index (Phi) is 3.37. The van der Waals surface area contributed by atoms with Crippen LogP contribution < -0.4 is 5.56 Å². The van der Waals surface area contributed by atoms with E-state index in [9.17, 15) is 14.4 Å². The van der Waals surface area contributed by atoms with Crippen LogP contribution in [0.2, 0.25) is 0 Å². The summed E-state index contributed by atoms with van der Waals surface area (Å²) in [4.78, 5) is 36.1. The maximum absolute atomic E-state index is 12.0. The molecule has 2 aliphatic heterocycles. The van der Waals surface area contributed by atoms with Crippen LogP contribution in [0.4, 0.5) is 0 Å². The lowest BCUT2D eigenvalue weighted by molar-refractivity contribution is -0.132. The Hall–Kier alpha value is -2.37. The number of hydrogen-bond acceptors (Lipinski definition) is 3. The van der Waals surface area contributed by atoms with E-state index >= 15 is 0 Å². The second-order valence-electron chi connectivity index (χ2n) is 5.61. The fourth-order valence-corrected chi connectivity index (χ4v) is 3.32. The van der Waals surface area contributed by atoms with Gasteiger partial charge in [0.15, 0.2) is 0 Å². The Morgan fingerprint density at radius 1 is 1.19 bits per heavy atom. The zero-order chi connectivity index (χ0) is 15.0. The van der Waals surface area contributed by atoms with Gasteiger partial charge in [0.1, 0.15) is 0 Å². The van der Waals surface area contributed by atoms with Crippen molar-refractivity contribution >= 4 is 11.9 Å². The minimum atomic E-state index is -1.13. The number of aromatic nitrogens is 1. The molecular weight excluding hydrogens is 272 g/mol. The van der Waals surface area contributed by atoms with Crippen LogP contribution in [-0.4, -0.2) is 39.5 Å². The predicted octanol–water partition coefficient (Wildman–Crippen LogP) is 0.435. The van der Waals surface area contributed by atoms with Crippen molar-refractivity contribution in [3.63, 3.8) is 0 Å². The summed E-state index contributed by atoms with van der Waals surface area (Å²) in [5.41, 5.74) is 0.978. The highest BCUT2D eigenvalue weighted by Crippen LogP contribution is 2.34. The van der Waals surface area contributed by atoms with Crippen LogP contribution in [0.25, 0.3) is 0 Å². The van der Waals surface area contributed by atoms with E-state index in [0.717, 1.165) is 24.3 Å². The summed E-state index contributed by atoms with van der Waals surface area (Å²) >= 11 is 0. The fourth-order valence-electron chi connectivity index (χ4n) is 3.32. The van der Waals surface area contributed by atoms with Crippen LogP contribution in [0.3, 0.4) is 0 Å². The van der Waals surface area contributed by atoms with Gasteiger partial charge in [0, 0.05) is 49.5 Å². The Bertz CT molecular complexity index is 676. The molecular formula is C15H16N2O4. The van der Waals surface area contributed by atoms with E-state index in [1.807, 2.05) is 6.07 Å². The Morgan fingerprint density at radius 2 is 2.00 bits per heavy atom. The molecule has 1 amide bonds. The standard InChI is InChI=1S/C15H16N2O4/c18-13(4-5-15(20)21)16-7-10-6-11(9-16)12-2-1-3-14(19)17(12)8-10/h1-5,10-11H,6-9H2,(H,20,21)/t10-,11-/m1/s1. The number of hydrogen-bond donors (Lipinski definition) is 1. The number of pyridine rings is 1. The number of carboxylic acid groups (broad SMARTS) is 1. The summed E-state index contributed by atoms with van der Waals surface area (Å²) in [6, 6.07) is 5.24. The van der Waals surface area contributed by atoms with E-state index in [2.05, 4.69) is 0 Å². The van der Waals surface area contributed by atoms with Gasteiger partial charge in [0.05, 0.1) is 0 Å². The van der Waals surface area contributed by atoms with Crippen molar-refractivity contribution in [2.24, 2.45) is 5.92 Å². The number of likely N-dealkylation sites (tertiary alicyclic amines) is 1. The largest absolute Gasteiger partial charge is 0.478 e. The van der Waals surface area contributed by atoms with Gasteiger partial charge >= 0.3 is 5.97 Å². The molecule has 6 nitrogen and oxygen atoms in total. The van der Waals surface area contributed by atoms with Crippen LogP contribution in [0, 0.1) is 5.92 Å². The van der Waals surface area contributed by atoms with Gasteiger partial charge in [-0.25, -0.2) is 4.79 Å². The summed E-state index contributed by atoms with van der Waals surface area (Å²) in [6.45, 7) is 1.72. The third-order valence-electron chi connectivity index (χ3n) is 4.16. The maximum atomic E-state index is 12.0. The van der Waals surface area contributed by atoms with Crippen molar-refractivity contribution in [2.45, 2.75) is 18.9 Å². The van der Waals surface area contributed by atoms with Gasteiger partial charge in [0.2, 0.25) is 5.91 Å². The second-order valence-corrected chi connectivity index (χ2v) is 5.61. The van der Waals surface area contributed by atoms with Gasteiger partial charge in [-0.05, 0) is 18.4 Å². The number of nitrogens with zero attached hydrogens (tertiary/aromatic N) is 2. The SMILES string of the molecule is O=C(O)C=CC(=O)N1C[C@H]2C[C@H](C1)c1cccc(=O)n1C2. The minimum Gasteiger partial charge on any atom is -0.478 e. The lowest BCUT2D eigenvalue weighted by Gasteiger charge is -2.42. The molecule has 2 atom stereocenters. The topological polar surface area (TPSA) is 79.6 Å². The normalized spacial score (nSPS) is 23.9. The molecule has 110 valence electrons. The first-order valence-corrected chi connectivity index (χ1v) is 6.94. The molecule has 1 fully saturated rings. The quantitative estimate of drug-likeness (QED) is 0.801. The van der Waals surface area contributed by atoms with Crippen molar-refractivity contribution in [1.82, 2.24) is 9.47 Å². The highest BCUT2D eigenvalue weighted by atomic mass is 16.4. The molecule has 2 aliphatic rings. The molecule has 0 unspecified atom stereocenters. The average molecular weight is 288 g/mol. The zero-order valence-corrected chi connectivity index (χ0v) is 11.4. The molecule has 1 N–H and O–H groups in total. The second kappa shape index (κ2) is 5.20. The van der Waals surface area contributed by atoms with Gasteiger partial charge in [-0.2, -0.15) is 0 Å². The van der Waals surface area contributed by atoms with Crippen molar-refractivity contribution < 1.29 is 14.7 Å². The molecule has 0 aromatic carbocycles. The van der Waals surface area contributed by atoms with E-state index < -0.39 is 5.97 Å². The molecule has 3 heterocycles. The van der Waals surface area contributed by atoms with Crippen molar-refractivity contribution in [2.75, 3.05) is 13.1 Å². The summed E-state index contributed by atoms with van der Waals surface area (Å²) < 4.78 is 1.80. The molecule has 0 saturated carbocycles. The molecule has 1 saturated heterocycles. The van der Waals surface area contributed by atoms with Crippen LogP contribution >= 0.6 is 0 Å². The number of fused-ring (bicyclic) bond motifs is 4. The maximum Gasteiger partial charge on any atom is 0.328 e. The number of carbonyl (C=O) groups excluding carboxylic acids is 1. The summed E-state index contributed by atoms with van der Waals surface area (Å²) in [6.07, 6.45) is 2.93. The van der Waals surface area contributed by atoms with Crippen molar-refractivity contribution in [1.29, 1.82) is 0 Å². The average Bonchev–Trinajstić information content (AvgIpc) is 2.45. The predicted molar refractivity (Wildman–Crippen MR) is 74.9 cm³/mol. The van der Waals surface area contributed by atoms with Gasteiger partial charge in [-0.15, -0.1) is 0 Å². The summed E-state index contributed by atoms with van der Waals surface area (Å²) in [5, 5.41) is 8.59. The number of amides is 1. The lowest BCUT2D eigenvalue weighted by atomic mass is 9.83. The Morgan fingerprint density at radius 3 is 2.76 bits per heavy atom. The van der Waals surface area contributed by atoms with E-state index in [1.54, 1.807) is 21.6 Å². The van der Waals surface area contributed by atoms with E-state index in [1.165, 1.54) is 0 Å². The summed E-state index contributed by atoms with van der Waals surface area (Å²) in [5.74, 6) is -1.01. The van der Waals surface area contributed by atoms with Crippen LogP contribution in [-0.2, 0) is 16.1 Å². The molecule has 6 heteroatoms. The number of carboxylic acids is 1. The smallest absolute Gasteiger partial charge is 0.328 e. The molecule has 1 aromatic heterocycles. The molecule has 21 heavy (non-hydrogen) atoms. The van der Waals surface area contributed by atoms with Crippen LogP contribution in [0.15, 0.2) is 35.1 Å². The highest BCUT2D eigenvalue weighted by Gasteiger charge is 2.35. The van der Waals surface area contributed by atoms with E-state index in [4.69, 9.17) is 5.11 Å². The zero-order valence-electron chi connectivity index (χ0n) is 11.4.